The molecule has 0 saturated heterocycles. The van der Waals surface area contributed by atoms with Gasteiger partial charge < -0.3 is 4.74 Å². The molecular weight excluding hydrogens is 288 g/mol. The van der Waals surface area contributed by atoms with Crippen LogP contribution >= 0.6 is 0 Å². The number of rotatable bonds is 6. The van der Waals surface area contributed by atoms with Crippen LogP contribution in [0.5, 0.6) is 5.75 Å². The fourth-order valence-corrected chi connectivity index (χ4v) is 1.92. The monoisotopic (exact) mass is 308 g/mol. The third-order valence-corrected chi connectivity index (χ3v) is 3.28. The molecule has 2 aromatic rings. The first-order chi connectivity index (χ1) is 11.1. The van der Waals surface area contributed by atoms with Gasteiger partial charge in [0, 0.05) is 5.56 Å². The van der Waals surface area contributed by atoms with E-state index in [-0.39, 0.29) is 5.91 Å². The van der Waals surface area contributed by atoms with Crippen molar-refractivity contribution in [3.05, 3.63) is 77.9 Å². The fourth-order valence-electron chi connectivity index (χ4n) is 1.92. The Kier molecular flexibility index (Phi) is 5.69. The number of hydrogen-bond donors (Lipinski definition) is 1. The van der Waals surface area contributed by atoms with Crippen LogP contribution in [0.25, 0.3) is 0 Å². The maximum Gasteiger partial charge on any atom is 0.271 e. The van der Waals surface area contributed by atoms with Crippen molar-refractivity contribution < 1.29 is 9.53 Å². The predicted molar refractivity (Wildman–Crippen MR) is 93.0 cm³/mol. The third kappa shape index (κ3) is 4.81. The summed E-state index contributed by atoms with van der Waals surface area (Å²) in [6, 6.07) is 14.9. The molecule has 4 heteroatoms. The van der Waals surface area contributed by atoms with E-state index in [4.69, 9.17) is 4.74 Å². The minimum absolute atomic E-state index is 0.258. The number of aryl methyl sites for hydroxylation is 1. The molecule has 0 fully saturated rings. The zero-order chi connectivity index (χ0) is 16.7. The Balaban J connectivity index is 1.99. The molecule has 0 atom stereocenters. The molecule has 1 N–H and O–H groups in total. The van der Waals surface area contributed by atoms with Gasteiger partial charge in [0.2, 0.25) is 0 Å². The van der Waals surface area contributed by atoms with E-state index < -0.39 is 0 Å². The molecule has 0 unspecified atom stereocenters. The van der Waals surface area contributed by atoms with E-state index in [1.807, 2.05) is 38.1 Å². The number of carbonyl (C=O) groups is 1. The number of hydrazone groups is 1. The molecule has 0 radical (unpaired) electrons. The third-order valence-electron chi connectivity index (χ3n) is 3.28. The smallest absolute Gasteiger partial charge is 0.271 e. The number of nitrogens with one attached hydrogen (secondary N) is 1. The topological polar surface area (TPSA) is 50.7 Å². The van der Waals surface area contributed by atoms with Crippen LogP contribution in [0.2, 0.25) is 0 Å². The van der Waals surface area contributed by atoms with Gasteiger partial charge in [-0.25, -0.2) is 5.43 Å². The van der Waals surface area contributed by atoms with Crippen LogP contribution in [0.15, 0.2) is 66.3 Å². The Morgan fingerprint density at radius 2 is 1.74 bits per heavy atom. The minimum atomic E-state index is -0.258. The summed E-state index contributed by atoms with van der Waals surface area (Å²) in [7, 11) is 0. The van der Waals surface area contributed by atoms with Gasteiger partial charge >= 0.3 is 0 Å². The molecule has 0 bridgehead atoms. The molecule has 1 amide bonds. The van der Waals surface area contributed by atoms with Crippen LogP contribution in [0.1, 0.15) is 28.4 Å². The summed E-state index contributed by atoms with van der Waals surface area (Å²) in [5.74, 6) is 0.438. The summed E-state index contributed by atoms with van der Waals surface area (Å²) in [5, 5.41) is 4.14. The molecule has 118 valence electrons. The van der Waals surface area contributed by atoms with Crippen molar-refractivity contribution in [2.24, 2.45) is 5.10 Å². The highest BCUT2D eigenvalue weighted by atomic mass is 16.5. The molecule has 0 aliphatic heterocycles. The Bertz CT molecular complexity index is 701. The largest absolute Gasteiger partial charge is 0.490 e. The lowest BCUT2D eigenvalue weighted by molar-refractivity contribution is 0.0955. The van der Waals surface area contributed by atoms with Crippen molar-refractivity contribution in [1.82, 2.24) is 5.43 Å². The van der Waals surface area contributed by atoms with Crippen LogP contribution in [0.4, 0.5) is 0 Å². The zero-order valence-electron chi connectivity index (χ0n) is 13.4. The van der Waals surface area contributed by atoms with Gasteiger partial charge in [-0.1, -0.05) is 42.5 Å². The number of hydrogen-bond acceptors (Lipinski definition) is 3. The van der Waals surface area contributed by atoms with Crippen molar-refractivity contribution in [2.75, 3.05) is 6.61 Å². The van der Waals surface area contributed by atoms with Crippen LogP contribution in [0, 0.1) is 6.92 Å². The van der Waals surface area contributed by atoms with Gasteiger partial charge in [0.25, 0.3) is 5.91 Å². The van der Waals surface area contributed by atoms with E-state index in [1.54, 1.807) is 30.3 Å². The second kappa shape index (κ2) is 7.94. The number of benzene rings is 2. The lowest BCUT2D eigenvalue weighted by Crippen LogP contribution is -2.19. The van der Waals surface area contributed by atoms with Crippen molar-refractivity contribution in [2.45, 2.75) is 13.8 Å². The second-order valence-electron chi connectivity index (χ2n) is 5.13. The Morgan fingerprint density at radius 3 is 2.35 bits per heavy atom. The summed E-state index contributed by atoms with van der Waals surface area (Å²) >= 11 is 0. The Labute approximate surface area is 136 Å². The predicted octanol–water partition coefficient (Wildman–Crippen LogP) is 3.71. The SMILES string of the molecule is C=CCOc1ccc(C(=O)N/N=C(\C)c2ccc(C)cc2)cc1. The van der Waals surface area contributed by atoms with Crippen LogP contribution in [0.3, 0.4) is 0 Å². The number of nitrogens with zero attached hydrogens (tertiary/aromatic N) is 1. The van der Waals surface area contributed by atoms with Gasteiger partial charge in [-0.05, 0) is 43.7 Å². The van der Waals surface area contributed by atoms with Gasteiger partial charge in [0.05, 0.1) is 5.71 Å². The average Bonchev–Trinajstić information content (AvgIpc) is 2.58. The highest BCUT2D eigenvalue weighted by Gasteiger charge is 2.05. The first kappa shape index (κ1) is 16.5. The van der Waals surface area contributed by atoms with E-state index >= 15 is 0 Å². The van der Waals surface area contributed by atoms with Crippen molar-refractivity contribution in [1.29, 1.82) is 0 Å². The van der Waals surface area contributed by atoms with Crippen molar-refractivity contribution in [3.63, 3.8) is 0 Å². The van der Waals surface area contributed by atoms with Crippen molar-refractivity contribution >= 4 is 11.6 Å². The molecular formula is C19H20N2O2. The first-order valence-electron chi connectivity index (χ1n) is 7.35. The summed E-state index contributed by atoms with van der Waals surface area (Å²) in [4.78, 5) is 12.1. The van der Waals surface area contributed by atoms with E-state index in [0.717, 1.165) is 11.3 Å². The van der Waals surface area contributed by atoms with Crippen LogP contribution < -0.4 is 10.2 Å². The normalized spacial score (nSPS) is 11.0. The highest BCUT2D eigenvalue weighted by molar-refractivity contribution is 6.00. The summed E-state index contributed by atoms with van der Waals surface area (Å²) in [5.41, 5.74) is 6.01. The molecule has 2 aromatic carbocycles. The quantitative estimate of drug-likeness (QED) is 0.502. The van der Waals surface area contributed by atoms with Crippen LogP contribution in [-0.2, 0) is 0 Å². The lowest BCUT2D eigenvalue weighted by Gasteiger charge is -2.05. The first-order valence-corrected chi connectivity index (χ1v) is 7.35. The number of amides is 1. The highest BCUT2D eigenvalue weighted by Crippen LogP contribution is 2.12. The molecule has 0 heterocycles. The van der Waals surface area contributed by atoms with Crippen molar-refractivity contribution in [3.8, 4) is 5.75 Å². The average molecular weight is 308 g/mol. The van der Waals surface area contributed by atoms with E-state index in [2.05, 4.69) is 17.1 Å². The minimum Gasteiger partial charge on any atom is -0.490 e. The molecule has 2 rings (SSSR count). The standard InChI is InChI=1S/C19H20N2O2/c1-4-13-23-18-11-9-17(10-12-18)19(22)21-20-15(3)16-7-5-14(2)6-8-16/h4-12H,1,13H2,2-3H3,(H,21,22)/b20-15+. The van der Waals surface area contributed by atoms with Crippen LogP contribution in [-0.4, -0.2) is 18.2 Å². The fraction of sp³-hybridized carbons (Fsp3) is 0.158. The lowest BCUT2D eigenvalue weighted by atomic mass is 10.1. The van der Waals surface area contributed by atoms with E-state index in [1.165, 1.54) is 5.56 Å². The Hall–Kier alpha value is -2.88. The maximum absolute atomic E-state index is 12.1. The molecule has 0 aliphatic carbocycles. The molecule has 23 heavy (non-hydrogen) atoms. The van der Waals surface area contributed by atoms with Gasteiger partial charge in [0.15, 0.2) is 0 Å². The molecule has 4 nitrogen and oxygen atoms in total. The summed E-state index contributed by atoms with van der Waals surface area (Å²) in [6.07, 6.45) is 1.67. The van der Waals surface area contributed by atoms with Gasteiger partial charge in [0.1, 0.15) is 12.4 Å². The number of ether oxygens (including phenoxy) is 1. The Morgan fingerprint density at radius 1 is 1.13 bits per heavy atom. The van der Waals surface area contributed by atoms with Gasteiger partial charge in [-0.2, -0.15) is 5.10 Å². The van der Waals surface area contributed by atoms with E-state index in [9.17, 15) is 4.79 Å². The molecule has 0 spiro atoms. The second-order valence-corrected chi connectivity index (χ2v) is 5.13. The molecule has 0 aromatic heterocycles. The summed E-state index contributed by atoms with van der Waals surface area (Å²) in [6.45, 7) is 7.91. The van der Waals surface area contributed by atoms with Gasteiger partial charge in [-0.15, -0.1) is 0 Å². The maximum atomic E-state index is 12.1. The molecule has 0 aliphatic rings. The van der Waals surface area contributed by atoms with Gasteiger partial charge in [-0.3, -0.25) is 4.79 Å². The van der Waals surface area contributed by atoms with E-state index in [0.29, 0.717) is 17.9 Å². The zero-order valence-corrected chi connectivity index (χ0v) is 13.4. The molecule has 0 saturated carbocycles. The number of carbonyl (C=O) groups excluding carboxylic acids is 1. The summed E-state index contributed by atoms with van der Waals surface area (Å²) < 4.78 is 5.38.